The lowest BCUT2D eigenvalue weighted by Gasteiger charge is -2.24. The first-order valence-electron chi connectivity index (χ1n) is 8.00. The number of thioether (sulfide) groups is 1. The van der Waals surface area contributed by atoms with Gasteiger partial charge in [0.05, 0.1) is 18.7 Å². The number of nitrogens with zero attached hydrogens (tertiary/aromatic N) is 1. The second-order valence-corrected chi connectivity index (χ2v) is 8.53. The minimum atomic E-state index is 0.310. The lowest BCUT2D eigenvalue weighted by molar-refractivity contribution is 0.352. The highest BCUT2D eigenvalue weighted by Crippen LogP contribution is 2.37. The Morgan fingerprint density at radius 2 is 2.12 bits per heavy atom. The van der Waals surface area contributed by atoms with Crippen LogP contribution in [0, 0.1) is 0 Å². The predicted molar refractivity (Wildman–Crippen MR) is 106 cm³/mol. The van der Waals surface area contributed by atoms with Crippen molar-refractivity contribution in [3.8, 4) is 11.5 Å². The van der Waals surface area contributed by atoms with E-state index in [0.717, 1.165) is 22.5 Å². The lowest BCUT2D eigenvalue weighted by atomic mass is 10.1. The molecule has 0 aromatic heterocycles. The van der Waals surface area contributed by atoms with Crippen molar-refractivity contribution in [2.75, 3.05) is 33.6 Å². The molecule has 1 fully saturated rings. The Balaban J connectivity index is 1.94. The molecule has 1 heterocycles. The van der Waals surface area contributed by atoms with Crippen LogP contribution in [0.1, 0.15) is 25.3 Å². The van der Waals surface area contributed by atoms with Crippen molar-refractivity contribution in [3.05, 3.63) is 22.2 Å². The highest BCUT2D eigenvalue weighted by atomic mass is 79.9. The van der Waals surface area contributed by atoms with Crippen LogP contribution >= 0.6 is 27.7 Å². The number of methoxy groups -OCH3 is 2. The van der Waals surface area contributed by atoms with E-state index in [4.69, 9.17) is 9.47 Å². The van der Waals surface area contributed by atoms with Crippen LogP contribution in [0.25, 0.3) is 0 Å². The van der Waals surface area contributed by atoms with Crippen molar-refractivity contribution in [2.45, 2.75) is 31.1 Å². The summed E-state index contributed by atoms with van der Waals surface area (Å²) < 4.78 is 11.9. The Bertz CT molecular complexity index is 589. The van der Waals surface area contributed by atoms with Crippen molar-refractivity contribution in [3.63, 3.8) is 0 Å². The van der Waals surface area contributed by atoms with Crippen LogP contribution in [0.4, 0.5) is 0 Å². The molecular weight excluding hydrogens is 390 g/mol. The second kappa shape index (κ2) is 8.85. The van der Waals surface area contributed by atoms with Gasteiger partial charge in [0.2, 0.25) is 0 Å². The SMILES string of the molecule is CN=C(NCc1cc(Br)c(OC)c(OC)c1)NCC1(C)CCCS1. The zero-order valence-electron chi connectivity index (χ0n) is 14.7. The van der Waals surface area contributed by atoms with Crippen molar-refractivity contribution in [1.29, 1.82) is 0 Å². The molecule has 1 aliphatic heterocycles. The van der Waals surface area contributed by atoms with Crippen molar-refractivity contribution < 1.29 is 9.47 Å². The number of aliphatic imine (C=N–C) groups is 1. The van der Waals surface area contributed by atoms with E-state index in [9.17, 15) is 0 Å². The summed E-state index contributed by atoms with van der Waals surface area (Å²) in [6.07, 6.45) is 2.55. The fourth-order valence-corrected chi connectivity index (χ4v) is 4.62. The van der Waals surface area contributed by atoms with Gasteiger partial charge in [-0.15, -0.1) is 0 Å². The average molecular weight is 416 g/mol. The van der Waals surface area contributed by atoms with E-state index in [0.29, 0.717) is 22.8 Å². The number of benzene rings is 1. The van der Waals surface area contributed by atoms with Gasteiger partial charge in [-0.1, -0.05) is 0 Å². The maximum absolute atomic E-state index is 5.39. The fraction of sp³-hybridized carbons (Fsp3) is 0.588. The van der Waals surface area contributed by atoms with Gasteiger partial charge in [-0.25, -0.2) is 0 Å². The van der Waals surface area contributed by atoms with E-state index < -0.39 is 0 Å². The molecule has 24 heavy (non-hydrogen) atoms. The van der Waals surface area contributed by atoms with Crippen LogP contribution in [-0.4, -0.2) is 44.3 Å². The molecule has 7 heteroatoms. The Hall–Kier alpha value is -1.08. The minimum absolute atomic E-state index is 0.310. The molecule has 0 spiro atoms. The summed E-state index contributed by atoms with van der Waals surface area (Å²) in [4.78, 5) is 4.31. The minimum Gasteiger partial charge on any atom is -0.493 e. The largest absolute Gasteiger partial charge is 0.493 e. The van der Waals surface area contributed by atoms with Crippen LogP contribution in [0.2, 0.25) is 0 Å². The number of hydrogen-bond acceptors (Lipinski definition) is 4. The smallest absolute Gasteiger partial charge is 0.191 e. The monoisotopic (exact) mass is 415 g/mol. The first kappa shape index (κ1) is 19.2. The van der Waals surface area contributed by atoms with Gasteiger partial charge in [-0.3, -0.25) is 4.99 Å². The highest BCUT2D eigenvalue weighted by molar-refractivity contribution is 9.10. The van der Waals surface area contributed by atoms with Crippen LogP contribution < -0.4 is 20.1 Å². The number of hydrogen-bond donors (Lipinski definition) is 2. The molecule has 134 valence electrons. The van der Waals surface area contributed by atoms with Gasteiger partial charge < -0.3 is 20.1 Å². The third-order valence-corrected chi connectivity index (χ3v) is 6.23. The molecule has 2 rings (SSSR count). The predicted octanol–water partition coefficient (Wildman–Crippen LogP) is 3.42. The first-order valence-corrected chi connectivity index (χ1v) is 9.78. The van der Waals surface area contributed by atoms with Gasteiger partial charge in [0.25, 0.3) is 0 Å². The molecule has 1 atom stereocenters. The third-order valence-electron chi connectivity index (χ3n) is 4.11. The molecule has 1 saturated heterocycles. The number of ether oxygens (including phenoxy) is 2. The molecule has 1 aliphatic rings. The maximum Gasteiger partial charge on any atom is 0.191 e. The zero-order valence-corrected chi connectivity index (χ0v) is 17.1. The van der Waals surface area contributed by atoms with Gasteiger partial charge in [0.1, 0.15) is 0 Å². The molecule has 1 aromatic carbocycles. The van der Waals surface area contributed by atoms with Crippen LogP contribution in [0.5, 0.6) is 11.5 Å². The van der Waals surface area contributed by atoms with Gasteiger partial charge >= 0.3 is 0 Å². The summed E-state index contributed by atoms with van der Waals surface area (Å²) in [6, 6.07) is 3.99. The average Bonchev–Trinajstić information content (AvgIpc) is 3.01. The van der Waals surface area contributed by atoms with E-state index in [1.165, 1.54) is 18.6 Å². The van der Waals surface area contributed by atoms with E-state index >= 15 is 0 Å². The fourth-order valence-electron chi connectivity index (χ4n) is 2.73. The number of halogens is 1. The molecular formula is C17H26BrN3O2S. The van der Waals surface area contributed by atoms with Crippen LogP contribution in [0.15, 0.2) is 21.6 Å². The summed E-state index contributed by atoms with van der Waals surface area (Å²) in [7, 11) is 5.07. The normalized spacial score (nSPS) is 20.8. The molecule has 0 saturated carbocycles. The standard InChI is InChI=1S/C17H26BrN3O2S/c1-17(6-5-7-24-17)11-21-16(19-2)20-10-12-8-13(18)15(23-4)14(9-12)22-3/h8-9H,5-7,10-11H2,1-4H3,(H2,19,20,21). The number of nitrogens with one attached hydrogen (secondary N) is 2. The van der Waals surface area contributed by atoms with Gasteiger partial charge in [0.15, 0.2) is 17.5 Å². The molecule has 0 bridgehead atoms. The van der Waals surface area contributed by atoms with Gasteiger partial charge in [0, 0.05) is 24.9 Å². The Morgan fingerprint density at radius 1 is 1.33 bits per heavy atom. The van der Waals surface area contributed by atoms with E-state index in [2.05, 4.69) is 38.5 Å². The summed E-state index contributed by atoms with van der Waals surface area (Å²) in [5.74, 6) is 3.48. The third kappa shape index (κ3) is 4.96. The van der Waals surface area contributed by atoms with Crippen molar-refractivity contribution in [1.82, 2.24) is 10.6 Å². The Kier molecular flexibility index (Phi) is 7.10. The van der Waals surface area contributed by atoms with Crippen molar-refractivity contribution in [2.24, 2.45) is 4.99 Å². The summed E-state index contributed by atoms with van der Waals surface area (Å²) in [5.41, 5.74) is 1.09. The zero-order chi connectivity index (χ0) is 17.6. The summed E-state index contributed by atoms with van der Waals surface area (Å²) in [5, 5.41) is 6.79. The van der Waals surface area contributed by atoms with Gasteiger partial charge in [-0.05, 0) is 59.1 Å². The molecule has 0 amide bonds. The quantitative estimate of drug-likeness (QED) is 0.550. The van der Waals surface area contributed by atoms with Crippen molar-refractivity contribution >= 4 is 33.7 Å². The maximum atomic E-state index is 5.39. The molecule has 1 unspecified atom stereocenters. The second-order valence-electron chi connectivity index (χ2n) is 5.99. The molecule has 0 aliphatic carbocycles. The van der Waals surface area contributed by atoms with Crippen LogP contribution in [0.3, 0.4) is 0 Å². The molecule has 2 N–H and O–H groups in total. The summed E-state index contributed by atoms with van der Waals surface area (Å²) >= 11 is 5.56. The first-order chi connectivity index (χ1) is 11.5. The van der Waals surface area contributed by atoms with E-state index in [-0.39, 0.29) is 0 Å². The highest BCUT2D eigenvalue weighted by Gasteiger charge is 2.29. The lowest BCUT2D eigenvalue weighted by Crippen LogP contribution is -2.43. The molecule has 0 radical (unpaired) electrons. The molecule has 5 nitrogen and oxygen atoms in total. The summed E-state index contributed by atoms with van der Waals surface area (Å²) in [6.45, 7) is 3.89. The van der Waals surface area contributed by atoms with E-state index in [1.54, 1.807) is 21.3 Å². The molecule has 1 aromatic rings. The topological polar surface area (TPSA) is 54.9 Å². The van der Waals surface area contributed by atoms with Gasteiger partial charge in [-0.2, -0.15) is 11.8 Å². The Morgan fingerprint density at radius 3 is 2.71 bits per heavy atom. The number of rotatable bonds is 6. The van der Waals surface area contributed by atoms with E-state index in [1.807, 2.05) is 23.9 Å². The Labute approximate surface area is 157 Å². The number of guanidine groups is 1. The van der Waals surface area contributed by atoms with Crippen LogP contribution in [-0.2, 0) is 6.54 Å².